The van der Waals surface area contributed by atoms with Gasteiger partial charge in [-0.05, 0) is 26.4 Å². The molecule has 0 N–H and O–H groups in total. The molecule has 1 aliphatic rings. The van der Waals surface area contributed by atoms with E-state index in [1.807, 2.05) is 0 Å². The fourth-order valence-electron chi connectivity index (χ4n) is 1.96. The van der Waals surface area contributed by atoms with Gasteiger partial charge in [-0.25, -0.2) is 0 Å². The van der Waals surface area contributed by atoms with Gasteiger partial charge in [0.1, 0.15) is 0 Å². The van der Waals surface area contributed by atoms with Gasteiger partial charge in [0.25, 0.3) is 0 Å². The maximum Gasteiger partial charge on any atom is 0.00920 e. The van der Waals surface area contributed by atoms with E-state index in [4.69, 9.17) is 0 Å². The largest absolute Gasteiger partial charge is 0.304 e. The van der Waals surface area contributed by atoms with Crippen LogP contribution in [0.5, 0.6) is 0 Å². The van der Waals surface area contributed by atoms with Crippen molar-refractivity contribution in [3.05, 3.63) is 0 Å². The summed E-state index contributed by atoms with van der Waals surface area (Å²) in [5, 5.41) is 0. The van der Waals surface area contributed by atoms with Gasteiger partial charge >= 0.3 is 0 Å². The molecular formula is C14H31N. The SMILES string of the molecule is CCCC.CCN(C)C1CCCCCC1. The van der Waals surface area contributed by atoms with Crippen LogP contribution in [-0.4, -0.2) is 24.5 Å². The summed E-state index contributed by atoms with van der Waals surface area (Å²) in [5.41, 5.74) is 0. The van der Waals surface area contributed by atoms with Crippen molar-refractivity contribution in [1.29, 1.82) is 0 Å². The summed E-state index contributed by atoms with van der Waals surface area (Å²) in [6.07, 6.45) is 11.3. The summed E-state index contributed by atoms with van der Waals surface area (Å²) < 4.78 is 0. The number of rotatable bonds is 3. The van der Waals surface area contributed by atoms with Crippen molar-refractivity contribution >= 4 is 0 Å². The van der Waals surface area contributed by atoms with Crippen molar-refractivity contribution in [2.24, 2.45) is 0 Å². The second-order valence-electron chi connectivity index (χ2n) is 4.72. The molecule has 0 heterocycles. The standard InChI is InChI=1S/C10H21N.C4H10/c1-3-11(2)10-8-6-4-5-7-9-10;1-3-4-2/h10H,3-9H2,1-2H3;3-4H2,1-2H3. The molecule has 15 heavy (non-hydrogen) atoms. The second-order valence-corrected chi connectivity index (χ2v) is 4.72. The van der Waals surface area contributed by atoms with E-state index in [1.54, 1.807) is 0 Å². The highest BCUT2D eigenvalue weighted by Gasteiger charge is 2.14. The Labute approximate surface area is 97.2 Å². The van der Waals surface area contributed by atoms with E-state index in [0.717, 1.165) is 6.04 Å². The van der Waals surface area contributed by atoms with E-state index in [1.165, 1.54) is 57.9 Å². The highest BCUT2D eigenvalue weighted by atomic mass is 15.1. The smallest absolute Gasteiger partial charge is 0.00920 e. The lowest BCUT2D eigenvalue weighted by Crippen LogP contribution is -2.30. The van der Waals surface area contributed by atoms with E-state index in [0.29, 0.717) is 0 Å². The van der Waals surface area contributed by atoms with Crippen molar-refractivity contribution in [3.8, 4) is 0 Å². The fourth-order valence-corrected chi connectivity index (χ4v) is 1.96. The number of unbranched alkanes of at least 4 members (excludes halogenated alkanes) is 1. The third kappa shape index (κ3) is 7.84. The van der Waals surface area contributed by atoms with Crippen LogP contribution in [0.1, 0.15) is 72.1 Å². The quantitative estimate of drug-likeness (QED) is 0.625. The van der Waals surface area contributed by atoms with E-state index in [-0.39, 0.29) is 0 Å². The van der Waals surface area contributed by atoms with Crippen LogP contribution in [-0.2, 0) is 0 Å². The Morgan fingerprint density at radius 3 is 1.67 bits per heavy atom. The van der Waals surface area contributed by atoms with Gasteiger partial charge < -0.3 is 4.90 Å². The highest BCUT2D eigenvalue weighted by Crippen LogP contribution is 2.20. The van der Waals surface area contributed by atoms with Crippen LogP contribution in [0.15, 0.2) is 0 Å². The predicted molar refractivity (Wildman–Crippen MR) is 70.4 cm³/mol. The van der Waals surface area contributed by atoms with E-state index in [2.05, 4.69) is 32.7 Å². The molecule has 1 aliphatic carbocycles. The maximum atomic E-state index is 2.51. The molecule has 1 rings (SSSR count). The minimum absolute atomic E-state index is 0.891. The molecule has 1 nitrogen and oxygen atoms in total. The van der Waals surface area contributed by atoms with Crippen LogP contribution in [0.2, 0.25) is 0 Å². The molecule has 0 aromatic carbocycles. The van der Waals surface area contributed by atoms with Gasteiger partial charge in [0.2, 0.25) is 0 Å². The van der Waals surface area contributed by atoms with Crippen molar-refractivity contribution in [2.75, 3.05) is 13.6 Å². The average molecular weight is 213 g/mol. The molecule has 0 bridgehead atoms. The molecule has 0 aliphatic heterocycles. The number of nitrogens with zero attached hydrogens (tertiary/aromatic N) is 1. The van der Waals surface area contributed by atoms with Crippen LogP contribution in [0, 0.1) is 0 Å². The van der Waals surface area contributed by atoms with E-state index in [9.17, 15) is 0 Å². The molecule has 0 aromatic rings. The van der Waals surface area contributed by atoms with Gasteiger partial charge in [0, 0.05) is 6.04 Å². The number of hydrogen-bond acceptors (Lipinski definition) is 1. The third-order valence-corrected chi connectivity index (χ3v) is 3.45. The Bertz CT molecular complexity index is 113. The van der Waals surface area contributed by atoms with Gasteiger partial charge in [-0.15, -0.1) is 0 Å². The minimum atomic E-state index is 0.891. The molecule has 0 saturated heterocycles. The highest BCUT2D eigenvalue weighted by molar-refractivity contribution is 4.70. The average Bonchev–Trinajstić information content (AvgIpc) is 2.57. The first-order chi connectivity index (χ1) is 7.26. The molecule has 0 aromatic heterocycles. The molecule has 0 spiro atoms. The molecule has 0 atom stereocenters. The molecule has 0 unspecified atom stereocenters. The van der Waals surface area contributed by atoms with E-state index < -0.39 is 0 Å². The van der Waals surface area contributed by atoms with Crippen LogP contribution in [0.4, 0.5) is 0 Å². The maximum absolute atomic E-state index is 2.51. The normalized spacial score (nSPS) is 18.2. The molecule has 1 saturated carbocycles. The van der Waals surface area contributed by atoms with Crippen LogP contribution in [0.25, 0.3) is 0 Å². The van der Waals surface area contributed by atoms with Crippen molar-refractivity contribution in [2.45, 2.75) is 78.2 Å². The zero-order chi connectivity index (χ0) is 11.5. The molecule has 1 heteroatoms. The first kappa shape index (κ1) is 15.0. The fraction of sp³-hybridized carbons (Fsp3) is 1.00. The zero-order valence-corrected chi connectivity index (χ0v) is 11.4. The lowest BCUT2D eigenvalue weighted by molar-refractivity contribution is 0.232. The summed E-state index contributed by atoms with van der Waals surface area (Å²) in [6, 6.07) is 0.891. The first-order valence-corrected chi connectivity index (χ1v) is 6.96. The molecule has 0 amide bonds. The van der Waals surface area contributed by atoms with Gasteiger partial charge in [0.05, 0.1) is 0 Å². The van der Waals surface area contributed by atoms with E-state index >= 15 is 0 Å². The van der Waals surface area contributed by atoms with Crippen molar-refractivity contribution in [1.82, 2.24) is 4.90 Å². The van der Waals surface area contributed by atoms with Gasteiger partial charge in [-0.2, -0.15) is 0 Å². The van der Waals surface area contributed by atoms with Gasteiger partial charge in [-0.3, -0.25) is 0 Å². The monoisotopic (exact) mass is 213 g/mol. The van der Waals surface area contributed by atoms with Crippen LogP contribution in [0.3, 0.4) is 0 Å². The minimum Gasteiger partial charge on any atom is -0.304 e. The Morgan fingerprint density at radius 1 is 0.867 bits per heavy atom. The Balaban J connectivity index is 0.000000423. The summed E-state index contributed by atoms with van der Waals surface area (Å²) in [5.74, 6) is 0. The number of hydrogen-bond donors (Lipinski definition) is 0. The summed E-state index contributed by atoms with van der Waals surface area (Å²) in [4.78, 5) is 2.51. The topological polar surface area (TPSA) is 3.24 Å². The second kappa shape index (κ2) is 10.5. The summed E-state index contributed by atoms with van der Waals surface area (Å²) in [6.45, 7) is 7.83. The predicted octanol–water partition coefficient (Wildman–Crippen LogP) is 4.47. The summed E-state index contributed by atoms with van der Waals surface area (Å²) in [7, 11) is 2.26. The zero-order valence-electron chi connectivity index (χ0n) is 11.4. The first-order valence-electron chi connectivity index (χ1n) is 6.96. The Kier molecular flexibility index (Phi) is 10.4. The van der Waals surface area contributed by atoms with Crippen LogP contribution < -0.4 is 0 Å². The lowest BCUT2D eigenvalue weighted by atomic mass is 10.1. The van der Waals surface area contributed by atoms with Crippen molar-refractivity contribution in [3.63, 3.8) is 0 Å². The van der Waals surface area contributed by atoms with Gasteiger partial charge in [0.15, 0.2) is 0 Å². The Morgan fingerprint density at radius 2 is 1.33 bits per heavy atom. The lowest BCUT2D eigenvalue weighted by Gasteiger charge is -2.25. The molecular weight excluding hydrogens is 182 g/mol. The van der Waals surface area contributed by atoms with Gasteiger partial charge in [-0.1, -0.05) is 59.3 Å². The van der Waals surface area contributed by atoms with Crippen molar-refractivity contribution < 1.29 is 0 Å². The summed E-state index contributed by atoms with van der Waals surface area (Å²) >= 11 is 0. The molecule has 0 radical (unpaired) electrons. The van der Waals surface area contributed by atoms with Crippen LogP contribution >= 0.6 is 0 Å². The Hall–Kier alpha value is -0.0400. The molecule has 92 valence electrons. The molecule has 1 fully saturated rings. The third-order valence-electron chi connectivity index (χ3n) is 3.45.